The monoisotopic (exact) mass is 404 g/mol. The smallest absolute Gasteiger partial charge is 0.416 e. The average Bonchev–Trinajstić information content (AvgIpc) is 3.04. The number of phenolic OH excluding ortho intramolecular Hbond substituents is 1. The van der Waals surface area contributed by atoms with Crippen LogP contribution in [0.15, 0.2) is 30.5 Å². The number of likely N-dealkylation sites (tertiary alicyclic amines) is 1. The first-order valence-electron chi connectivity index (χ1n) is 9.64. The average molecular weight is 404 g/mol. The summed E-state index contributed by atoms with van der Waals surface area (Å²) < 4.78 is 41.0. The molecule has 0 radical (unpaired) electrons. The summed E-state index contributed by atoms with van der Waals surface area (Å²) >= 11 is 0. The zero-order chi connectivity index (χ0) is 20.8. The molecule has 0 amide bonds. The molecular weight excluding hydrogens is 381 g/mol. The lowest BCUT2D eigenvalue weighted by atomic mass is 9.97. The van der Waals surface area contributed by atoms with Crippen LogP contribution in [-0.2, 0) is 12.7 Å². The van der Waals surface area contributed by atoms with Gasteiger partial charge in [-0.3, -0.25) is 0 Å². The van der Waals surface area contributed by atoms with Crippen molar-refractivity contribution in [3.63, 3.8) is 0 Å². The van der Waals surface area contributed by atoms with Gasteiger partial charge >= 0.3 is 6.18 Å². The summed E-state index contributed by atoms with van der Waals surface area (Å²) in [5, 5.41) is 19.6. The van der Waals surface area contributed by atoms with Crippen LogP contribution in [0.1, 0.15) is 24.0 Å². The Bertz CT molecular complexity index is 1010. The summed E-state index contributed by atoms with van der Waals surface area (Å²) in [4.78, 5) is 2.33. The lowest BCUT2D eigenvalue weighted by Gasteiger charge is -2.29. The largest absolute Gasteiger partial charge is 0.507 e. The summed E-state index contributed by atoms with van der Waals surface area (Å²) in [6.07, 6.45) is -0.261. The van der Waals surface area contributed by atoms with Gasteiger partial charge in [-0.25, -0.2) is 0 Å². The molecule has 0 saturated carbocycles. The topological polar surface area (TPSA) is 54.2 Å². The fourth-order valence-electron chi connectivity index (χ4n) is 4.04. The first-order valence-corrected chi connectivity index (χ1v) is 9.64. The van der Waals surface area contributed by atoms with Gasteiger partial charge in [0.05, 0.1) is 11.3 Å². The molecule has 0 spiro atoms. The van der Waals surface area contributed by atoms with Crippen molar-refractivity contribution < 1.29 is 18.3 Å². The standard InChI is InChI=1S/C21H23F3N4O/c1-13-9-16(21(22,23)24)11-18(29)19(13)17-10-15-5-8-28(20(15)26-25-17)12-14-3-6-27(2)7-4-14/h5,8-11,14,29H,3-4,6-7,12H2,1-2H3. The number of alkyl halides is 3. The molecule has 2 aromatic heterocycles. The Morgan fingerprint density at radius 3 is 2.52 bits per heavy atom. The van der Waals surface area contributed by atoms with Crippen molar-refractivity contribution in [2.24, 2.45) is 5.92 Å². The van der Waals surface area contributed by atoms with Crippen LogP contribution in [0.3, 0.4) is 0 Å². The number of hydrogen-bond acceptors (Lipinski definition) is 4. The van der Waals surface area contributed by atoms with Crippen LogP contribution >= 0.6 is 0 Å². The molecule has 4 rings (SSSR count). The number of phenols is 1. The minimum atomic E-state index is -4.51. The van der Waals surface area contributed by atoms with E-state index < -0.39 is 17.5 Å². The maximum atomic E-state index is 13.0. The molecule has 0 atom stereocenters. The van der Waals surface area contributed by atoms with Gasteiger partial charge in [-0.05, 0) is 75.6 Å². The number of aromatic hydroxyl groups is 1. The van der Waals surface area contributed by atoms with Gasteiger partial charge in [0.1, 0.15) is 5.75 Å². The second-order valence-electron chi connectivity index (χ2n) is 7.91. The Kier molecular flexibility index (Phi) is 4.98. The van der Waals surface area contributed by atoms with E-state index >= 15 is 0 Å². The van der Waals surface area contributed by atoms with Gasteiger partial charge in [-0.1, -0.05) is 0 Å². The molecule has 3 aromatic rings. The van der Waals surface area contributed by atoms with E-state index in [1.165, 1.54) is 6.92 Å². The van der Waals surface area contributed by atoms with Gasteiger partial charge in [-0.2, -0.15) is 13.2 Å². The number of piperidine rings is 1. The third kappa shape index (κ3) is 3.94. The maximum Gasteiger partial charge on any atom is 0.416 e. The van der Waals surface area contributed by atoms with Crippen LogP contribution in [0, 0.1) is 12.8 Å². The van der Waals surface area contributed by atoms with Crippen LogP contribution in [0.5, 0.6) is 5.75 Å². The summed E-state index contributed by atoms with van der Waals surface area (Å²) in [6.45, 7) is 4.58. The molecule has 154 valence electrons. The molecule has 5 nitrogen and oxygen atoms in total. The van der Waals surface area contributed by atoms with Crippen LogP contribution < -0.4 is 0 Å². The third-order valence-corrected chi connectivity index (χ3v) is 5.70. The highest BCUT2D eigenvalue weighted by Gasteiger charge is 2.32. The molecule has 1 saturated heterocycles. The lowest BCUT2D eigenvalue weighted by molar-refractivity contribution is -0.137. The SMILES string of the molecule is Cc1cc(C(F)(F)F)cc(O)c1-c1cc2ccn(CC3CCN(C)CC3)c2nn1. The number of rotatable bonds is 3. The van der Waals surface area contributed by atoms with Crippen molar-refractivity contribution >= 4 is 11.0 Å². The van der Waals surface area contributed by atoms with E-state index in [0.29, 0.717) is 17.2 Å². The van der Waals surface area contributed by atoms with Crippen LogP contribution in [-0.4, -0.2) is 44.9 Å². The molecule has 8 heteroatoms. The van der Waals surface area contributed by atoms with Crippen LogP contribution in [0.25, 0.3) is 22.3 Å². The predicted octanol–water partition coefficient (Wildman–Crippen LogP) is 4.47. The highest BCUT2D eigenvalue weighted by molar-refractivity contribution is 5.82. The van der Waals surface area contributed by atoms with Gasteiger partial charge in [0, 0.05) is 23.7 Å². The predicted molar refractivity (Wildman–Crippen MR) is 105 cm³/mol. The Morgan fingerprint density at radius 1 is 1.14 bits per heavy atom. The van der Waals surface area contributed by atoms with E-state index in [1.54, 1.807) is 6.07 Å². The number of nitrogens with zero attached hydrogens (tertiary/aromatic N) is 4. The Morgan fingerprint density at radius 2 is 1.86 bits per heavy atom. The van der Waals surface area contributed by atoms with E-state index in [2.05, 4.69) is 26.7 Å². The summed E-state index contributed by atoms with van der Waals surface area (Å²) in [5.74, 6) is 0.140. The van der Waals surface area contributed by atoms with Gasteiger partial charge in [0.25, 0.3) is 0 Å². The van der Waals surface area contributed by atoms with E-state index in [0.717, 1.165) is 55.6 Å². The van der Waals surface area contributed by atoms with Gasteiger partial charge in [-0.15, -0.1) is 10.2 Å². The molecule has 1 fully saturated rings. The Balaban J connectivity index is 1.64. The van der Waals surface area contributed by atoms with Gasteiger partial charge < -0.3 is 14.6 Å². The molecule has 1 aromatic carbocycles. The fraction of sp³-hybridized carbons (Fsp3) is 0.429. The minimum absolute atomic E-state index is 0.274. The number of aromatic nitrogens is 3. The van der Waals surface area contributed by atoms with Gasteiger partial charge in [0.2, 0.25) is 0 Å². The van der Waals surface area contributed by atoms with Crippen molar-refractivity contribution in [1.29, 1.82) is 0 Å². The summed E-state index contributed by atoms with van der Waals surface area (Å²) in [7, 11) is 2.13. The van der Waals surface area contributed by atoms with Gasteiger partial charge in [0.15, 0.2) is 5.65 Å². The van der Waals surface area contributed by atoms with E-state index in [-0.39, 0.29) is 5.56 Å². The van der Waals surface area contributed by atoms with Crippen molar-refractivity contribution in [1.82, 2.24) is 19.7 Å². The number of hydrogen-bond donors (Lipinski definition) is 1. The second-order valence-corrected chi connectivity index (χ2v) is 7.91. The first-order chi connectivity index (χ1) is 13.7. The van der Waals surface area contributed by atoms with E-state index in [4.69, 9.17) is 0 Å². The van der Waals surface area contributed by atoms with Crippen molar-refractivity contribution in [2.45, 2.75) is 32.5 Å². The van der Waals surface area contributed by atoms with Crippen LogP contribution in [0.4, 0.5) is 13.2 Å². The molecule has 0 bridgehead atoms. The molecular formula is C21H23F3N4O. The molecule has 1 N–H and O–H groups in total. The third-order valence-electron chi connectivity index (χ3n) is 5.70. The molecule has 3 heterocycles. The number of halogens is 3. The lowest BCUT2D eigenvalue weighted by Crippen LogP contribution is -2.31. The van der Waals surface area contributed by atoms with Crippen molar-refractivity contribution in [3.8, 4) is 17.0 Å². The highest BCUT2D eigenvalue weighted by Crippen LogP contribution is 2.38. The number of aryl methyl sites for hydroxylation is 1. The Hall–Kier alpha value is -2.61. The first kappa shape index (κ1) is 19.7. The normalized spacial score (nSPS) is 16.6. The molecule has 1 aliphatic heterocycles. The molecule has 0 unspecified atom stereocenters. The summed E-state index contributed by atoms with van der Waals surface area (Å²) in [5.41, 5.74) is 0.803. The quantitative estimate of drug-likeness (QED) is 0.700. The van der Waals surface area contributed by atoms with E-state index in [1.807, 2.05) is 12.3 Å². The Labute approximate surface area is 166 Å². The van der Waals surface area contributed by atoms with E-state index in [9.17, 15) is 18.3 Å². The van der Waals surface area contributed by atoms with Crippen molar-refractivity contribution in [2.75, 3.05) is 20.1 Å². The molecule has 1 aliphatic rings. The van der Waals surface area contributed by atoms with Crippen molar-refractivity contribution in [3.05, 3.63) is 41.6 Å². The molecule has 29 heavy (non-hydrogen) atoms. The fourth-order valence-corrected chi connectivity index (χ4v) is 4.04. The van der Waals surface area contributed by atoms with Crippen LogP contribution in [0.2, 0.25) is 0 Å². The maximum absolute atomic E-state index is 13.0. The second kappa shape index (κ2) is 7.33. The minimum Gasteiger partial charge on any atom is -0.507 e. The zero-order valence-corrected chi connectivity index (χ0v) is 16.4. The summed E-state index contributed by atoms with van der Waals surface area (Å²) in [6, 6.07) is 5.45. The highest BCUT2D eigenvalue weighted by atomic mass is 19.4. The number of fused-ring (bicyclic) bond motifs is 1. The molecule has 0 aliphatic carbocycles. The number of benzene rings is 1. The zero-order valence-electron chi connectivity index (χ0n) is 16.4.